The number of Topliss-reactive ketones (excluding diaryl/α,β-unsaturated/α-hetero) is 1. The highest BCUT2D eigenvalue weighted by molar-refractivity contribution is 6.19. The van der Waals surface area contributed by atoms with E-state index in [4.69, 9.17) is 5.73 Å². The second kappa shape index (κ2) is 5.67. The van der Waals surface area contributed by atoms with Crippen LogP contribution in [0.3, 0.4) is 0 Å². The average molecular weight is 305 g/mol. The third-order valence-electron chi connectivity index (χ3n) is 3.84. The molecule has 118 valence electrons. The molecular formula is C15H19N3O4. The van der Waals surface area contributed by atoms with Gasteiger partial charge in [-0.25, -0.2) is 0 Å². The lowest BCUT2D eigenvalue weighted by Gasteiger charge is -2.32. The summed E-state index contributed by atoms with van der Waals surface area (Å²) >= 11 is 0. The zero-order valence-electron chi connectivity index (χ0n) is 12.7. The zero-order chi connectivity index (χ0) is 16.6. The number of ketones is 1. The molecule has 0 bridgehead atoms. The lowest BCUT2D eigenvalue weighted by molar-refractivity contribution is -0.131. The van der Waals surface area contributed by atoms with Crippen molar-refractivity contribution >= 4 is 17.6 Å². The molecule has 0 spiro atoms. The molecule has 2 amide bonds. The van der Waals surface area contributed by atoms with Crippen molar-refractivity contribution in [2.75, 3.05) is 6.54 Å². The Balaban J connectivity index is 2.39. The molecule has 2 rings (SSSR count). The minimum Gasteiger partial charge on any atom is -0.511 e. The van der Waals surface area contributed by atoms with Crippen LogP contribution in [0.25, 0.3) is 0 Å². The molecule has 7 nitrogen and oxygen atoms in total. The van der Waals surface area contributed by atoms with Gasteiger partial charge in [-0.2, -0.15) is 0 Å². The molecule has 0 fully saturated rings. The Hall–Kier alpha value is -2.57. The van der Waals surface area contributed by atoms with Crippen LogP contribution in [0.5, 0.6) is 0 Å². The summed E-state index contributed by atoms with van der Waals surface area (Å²) in [6, 6.07) is 0. The van der Waals surface area contributed by atoms with E-state index in [-0.39, 0.29) is 28.5 Å². The number of hydrogen-bond donors (Lipinski definition) is 4. The van der Waals surface area contributed by atoms with Gasteiger partial charge in [0.05, 0.1) is 23.0 Å². The van der Waals surface area contributed by atoms with Gasteiger partial charge in [0.1, 0.15) is 5.76 Å². The quantitative estimate of drug-likeness (QED) is 0.545. The molecule has 7 heteroatoms. The van der Waals surface area contributed by atoms with Crippen LogP contribution in [-0.2, 0) is 14.4 Å². The molecule has 5 N–H and O–H groups in total. The summed E-state index contributed by atoms with van der Waals surface area (Å²) in [5.74, 6) is -3.24. The molecule has 0 radical (unpaired) electrons. The number of likely N-dealkylation sites (N-methyl/N-ethyl adjacent to an activating group) is 1. The first-order valence-electron chi connectivity index (χ1n) is 7.00. The van der Waals surface area contributed by atoms with Crippen LogP contribution < -0.4 is 16.4 Å². The number of amides is 2. The van der Waals surface area contributed by atoms with Gasteiger partial charge < -0.3 is 21.5 Å². The third-order valence-corrected chi connectivity index (χ3v) is 3.84. The van der Waals surface area contributed by atoms with Gasteiger partial charge in [-0.05, 0) is 26.3 Å². The minimum atomic E-state index is -0.947. The van der Waals surface area contributed by atoms with Gasteiger partial charge in [-0.3, -0.25) is 14.4 Å². The molecule has 2 unspecified atom stereocenters. The van der Waals surface area contributed by atoms with E-state index in [0.717, 1.165) is 0 Å². The number of hydrogen-bond acceptors (Lipinski definition) is 5. The Labute approximate surface area is 127 Å². The Kier molecular flexibility index (Phi) is 4.07. The number of carbonyl (C=O) groups excluding carboxylic acids is 3. The number of carbonyl (C=O) groups is 3. The Morgan fingerprint density at radius 2 is 2.05 bits per heavy atom. The normalized spacial score (nSPS) is 25.3. The van der Waals surface area contributed by atoms with Gasteiger partial charge >= 0.3 is 0 Å². The average Bonchev–Trinajstić information content (AvgIpc) is 2.76. The van der Waals surface area contributed by atoms with Crippen molar-refractivity contribution in [2.45, 2.75) is 20.8 Å². The molecule has 22 heavy (non-hydrogen) atoms. The molecule has 0 aromatic heterocycles. The number of nitrogens with two attached hydrogens (primary N) is 1. The van der Waals surface area contributed by atoms with Crippen molar-refractivity contribution in [3.05, 3.63) is 34.4 Å². The van der Waals surface area contributed by atoms with Crippen molar-refractivity contribution in [3.8, 4) is 0 Å². The molecule has 2 aliphatic rings. The summed E-state index contributed by atoms with van der Waals surface area (Å²) in [5, 5.41) is 15.3. The molecule has 1 heterocycles. The van der Waals surface area contributed by atoms with Crippen LogP contribution in [0.1, 0.15) is 20.8 Å². The van der Waals surface area contributed by atoms with Crippen molar-refractivity contribution in [2.24, 2.45) is 17.6 Å². The molecule has 0 saturated carbocycles. The Bertz CT molecular complexity index is 654. The van der Waals surface area contributed by atoms with Crippen LogP contribution in [0.4, 0.5) is 0 Å². The summed E-state index contributed by atoms with van der Waals surface area (Å²) < 4.78 is 0. The van der Waals surface area contributed by atoms with Crippen molar-refractivity contribution in [1.29, 1.82) is 0 Å². The zero-order valence-corrected chi connectivity index (χ0v) is 12.7. The van der Waals surface area contributed by atoms with E-state index in [2.05, 4.69) is 10.6 Å². The van der Waals surface area contributed by atoms with E-state index in [9.17, 15) is 19.5 Å². The first-order chi connectivity index (χ1) is 10.3. The van der Waals surface area contributed by atoms with Gasteiger partial charge in [-0.15, -0.1) is 0 Å². The van der Waals surface area contributed by atoms with Crippen LogP contribution in [0.2, 0.25) is 0 Å². The minimum absolute atomic E-state index is 0.0272. The molecular weight excluding hydrogens is 286 g/mol. The van der Waals surface area contributed by atoms with E-state index in [1.165, 1.54) is 13.1 Å². The monoisotopic (exact) mass is 305 g/mol. The maximum atomic E-state index is 12.4. The van der Waals surface area contributed by atoms with Crippen LogP contribution >= 0.6 is 0 Å². The largest absolute Gasteiger partial charge is 0.511 e. The summed E-state index contributed by atoms with van der Waals surface area (Å²) in [4.78, 5) is 36.2. The van der Waals surface area contributed by atoms with Gasteiger partial charge in [0.25, 0.3) is 5.91 Å². The lowest BCUT2D eigenvalue weighted by atomic mass is 9.69. The van der Waals surface area contributed by atoms with E-state index in [0.29, 0.717) is 12.1 Å². The van der Waals surface area contributed by atoms with E-state index in [1.807, 2.05) is 0 Å². The fourth-order valence-corrected chi connectivity index (χ4v) is 2.77. The topological polar surface area (TPSA) is 122 Å². The first kappa shape index (κ1) is 15.8. The highest BCUT2D eigenvalue weighted by atomic mass is 16.3. The van der Waals surface area contributed by atoms with Crippen molar-refractivity contribution < 1.29 is 19.5 Å². The second-order valence-electron chi connectivity index (χ2n) is 5.39. The molecule has 0 aromatic carbocycles. The van der Waals surface area contributed by atoms with Crippen LogP contribution in [0, 0.1) is 11.8 Å². The number of aliphatic hydroxyl groups excluding tert-OH is 1. The molecule has 0 aromatic rings. The van der Waals surface area contributed by atoms with Gasteiger partial charge in [-0.1, -0.05) is 0 Å². The Morgan fingerprint density at radius 1 is 1.41 bits per heavy atom. The first-order valence-corrected chi connectivity index (χ1v) is 7.00. The predicted molar refractivity (Wildman–Crippen MR) is 79.1 cm³/mol. The van der Waals surface area contributed by atoms with Crippen molar-refractivity contribution in [3.63, 3.8) is 0 Å². The summed E-state index contributed by atoms with van der Waals surface area (Å²) in [5.41, 5.74) is 6.38. The molecule has 2 atom stereocenters. The predicted octanol–water partition coefficient (Wildman–Crippen LogP) is 0.0160. The fraction of sp³-hybridized carbons (Fsp3) is 0.400. The van der Waals surface area contributed by atoms with Gasteiger partial charge in [0.15, 0.2) is 5.78 Å². The van der Waals surface area contributed by atoms with E-state index in [1.54, 1.807) is 13.8 Å². The molecule has 1 aliphatic heterocycles. The molecule has 1 aliphatic carbocycles. The number of allylic oxidation sites excluding steroid dienone is 2. The van der Waals surface area contributed by atoms with E-state index < -0.39 is 23.5 Å². The van der Waals surface area contributed by atoms with E-state index >= 15 is 0 Å². The Morgan fingerprint density at radius 3 is 2.45 bits per heavy atom. The maximum absolute atomic E-state index is 12.4. The van der Waals surface area contributed by atoms with Crippen molar-refractivity contribution in [1.82, 2.24) is 10.6 Å². The fourth-order valence-electron chi connectivity index (χ4n) is 2.77. The summed E-state index contributed by atoms with van der Waals surface area (Å²) in [7, 11) is 0. The smallest absolute Gasteiger partial charge is 0.253 e. The number of rotatable bonds is 4. The highest BCUT2D eigenvalue weighted by Crippen LogP contribution is 2.42. The SMILES string of the molecule is CCNC(=O)/C(C1=C(O)C(C2C(=O)NC=C2C)C1=O)=C(/C)N. The summed E-state index contributed by atoms with van der Waals surface area (Å²) in [6.45, 7) is 5.29. The molecule has 0 saturated heterocycles. The number of aliphatic hydroxyl groups is 1. The second-order valence-corrected chi connectivity index (χ2v) is 5.39. The third kappa shape index (κ3) is 2.28. The van der Waals surface area contributed by atoms with Gasteiger partial charge in [0, 0.05) is 18.4 Å². The number of nitrogens with one attached hydrogen (secondary N) is 2. The van der Waals surface area contributed by atoms with Gasteiger partial charge in [0.2, 0.25) is 5.91 Å². The van der Waals surface area contributed by atoms with Crippen LogP contribution in [0.15, 0.2) is 34.4 Å². The lowest BCUT2D eigenvalue weighted by Crippen LogP contribution is -2.44. The summed E-state index contributed by atoms with van der Waals surface area (Å²) in [6.07, 6.45) is 1.51. The maximum Gasteiger partial charge on any atom is 0.253 e. The standard InChI is InChI=1S/C15H19N3O4/c1-4-17-15(22)9(7(3)16)11-12(19)10(13(11)20)8-6(2)5-18-14(8)21/h5,8,10,19H,4,16H2,1-3H3,(H,17,22)(H,18,21)/b9-7-. The van der Waals surface area contributed by atoms with Crippen LogP contribution in [-0.4, -0.2) is 29.2 Å². The highest BCUT2D eigenvalue weighted by Gasteiger charge is 2.51.